The number of hydrogen-bond acceptors (Lipinski definition) is 3. The Bertz CT molecular complexity index is 574. The van der Waals surface area contributed by atoms with Crippen molar-refractivity contribution in [2.75, 3.05) is 0 Å². The minimum Gasteiger partial charge on any atom is -0.482 e. The zero-order valence-corrected chi connectivity index (χ0v) is 14.0. The van der Waals surface area contributed by atoms with Crippen molar-refractivity contribution in [3.8, 4) is 5.75 Å². The molecule has 0 aliphatic carbocycles. The number of nitrogens with two attached hydrogens (primary N) is 1. The van der Waals surface area contributed by atoms with Crippen LogP contribution in [0.3, 0.4) is 0 Å². The van der Waals surface area contributed by atoms with E-state index in [2.05, 4.69) is 15.9 Å². The van der Waals surface area contributed by atoms with E-state index in [9.17, 15) is 0 Å². The van der Waals surface area contributed by atoms with Crippen LogP contribution >= 0.6 is 50.5 Å². The minimum atomic E-state index is -0.257. The molecule has 0 amide bonds. The Labute approximate surface area is 134 Å². The predicted octanol–water partition coefficient (Wildman–Crippen LogP) is 5.28. The summed E-state index contributed by atoms with van der Waals surface area (Å²) in [6.45, 7) is 1.90. The normalized spacial score (nSPS) is 14.2. The molecule has 1 aromatic heterocycles. The molecule has 2 N–H and O–H groups in total. The molecule has 2 aromatic rings. The second kappa shape index (κ2) is 6.46. The number of rotatable bonds is 4. The predicted molar refractivity (Wildman–Crippen MR) is 85.5 cm³/mol. The third-order valence-corrected chi connectivity index (χ3v) is 4.80. The van der Waals surface area contributed by atoms with Gasteiger partial charge in [-0.2, -0.15) is 0 Å². The number of hydrogen-bond donors (Lipinski definition) is 1. The molecule has 2 unspecified atom stereocenters. The highest BCUT2D eigenvalue weighted by Gasteiger charge is 2.21. The van der Waals surface area contributed by atoms with Crippen LogP contribution in [0.2, 0.25) is 10.0 Å². The smallest absolute Gasteiger partial charge is 0.148 e. The van der Waals surface area contributed by atoms with Crippen LogP contribution in [0.5, 0.6) is 5.75 Å². The Hall–Kier alpha value is -0.260. The zero-order valence-electron chi connectivity index (χ0n) is 10.1. The van der Waals surface area contributed by atoms with Gasteiger partial charge >= 0.3 is 0 Å². The number of thiophene rings is 1. The molecule has 102 valence electrons. The summed E-state index contributed by atoms with van der Waals surface area (Å²) in [4.78, 5) is 1.04. The number of halogens is 3. The lowest BCUT2D eigenvalue weighted by Gasteiger charge is -2.22. The summed E-state index contributed by atoms with van der Waals surface area (Å²) in [7, 11) is 0. The van der Waals surface area contributed by atoms with Gasteiger partial charge in [-0.3, -0.25) is 0 Å². The molecule has 0 fully saturated rings. The molecular formula is C13H12BrCl2NOS. The number of benzene rings is 1. The molecule has 0 bridgehead atoms. The molecule has 0 aliphatic heterocycles. The van der Waals surface area contributed by atoms with Crippen molar-refractivity contribution in [1.29, 1.82) is 0 Å². The van der Waals surface area contributed by atoms with E-state index < -0.39 is 0 Å². The van der Waals surface area contributed by atoms with Crippen LogP contribution < -0.4 is 10.5 Å². The van der Waals surface area contributed by atoms with Crippen molar-refractivity contribution in [2.24, 2.45) is 5.73 Å². The van der Waals surface area contributed by atoms with Gasteiger partial charge in [0.15, 0.2) is 0 Å². The Kier molecular flexibility index (Phi) is 5.15. The standard InChI is InChI=1S/C13H12BrCl2NOS/c1-7(17)13(12-4-8(14)6-19-12)18-11-5-9(15)2-3-10(11)16/h2-7,13H,17H2,1H3. The first kappa shape index (κ1) is 15.1. The first-order chi connectivity index (χ1) is 8.97. The molecule has 2 atom stereocenters. The van der Waals surface area contributed by atoms with Gasteiger partial charge in [0.1, 0.15) is 11.9 Å². The fourth-order valence-corrected chi connectivity index (χ4v) is 3.52. The van der Waals surface area contributed by atoms with Crippen molar-refractivity contribution < 1.29 is 4.74 Å². The van der Waals surface area contributed by atoms with Crippen LogP contribution in [0, 0.1) is 0 Å². The van der Waals surface area contributed by atoms with E-state index >= 15 is 0 Å². The highest BCUT2D eigenvalue weighted by molar-refractivity contribution is 9.10. The van der Waals surface area contributed by atoms with E-state index in [0.717, 1.165) is 9.35 Å². The molecule has 0 saturated heterocycles. The van der Waals surface area contributed by atoms with Gasteiger partial charge < -0.3 is 10.5 Å². The first-order valence-corrected chi connectivity index (χ1v) is 8.01. The van der Waals surface area contributed by atoms with Crippen molar-refractivity contribution in [2.45, 2.75) is 19.1 Å². The third kappa shape index (κ3) is 3.86. The second-order valence-corrected chi connectivity index (χ2v) is 6.84. The lowest BCUT2D eigenvalue weighted by molar-refractivity contribution is 0.184. The van der Waals surface area contributed by atoms with Crippen LogP contribution in [0.1, 0.15) is 17.9 Å². The van der Waals surface area contributed by atoms with Crippen LogP contribution in [0.4, 0.5) is 0 Å². The molecule has 0 spiro atoms. The topological polar surface area (TPSA) is 35.2 Å². The van der Waals surface area contributed by atoms with E-state index in [1.54, 1.807) is 29.5 Å². The lowest BCUT2D eigenvalue weighted by Crippen LogP contribution is -2.28. The average Bonchev–Trinajstić information content (AvgIpc) is 2.76. The maximum Gasteiger partial charge on any atom is 0.148 e. The fourth-order valence-electron chi connectivity index (χ4n) is 1.61. The van der Waals surface area contributed by atoms with Crippen LogP contribution in [0.15, 0.2) is 34.1 Å². The molecule has 6 heteroatoms. The molecule has 2 nitrogen and oxygen atoms in total. The Balaban J connectivity index is 2.29. The monoisotopic (exact) mass is 379 g/mol. The largest absolute Gasteiger partial charge is 0.482 e. The van der Waals surface area contributed by atoms with Crippen LogP contribution in [0.25, 0.3) is 0 Å². The fraction of sp³-hybridized carbons (Fsp3) is 0.231. The van der Waals surface area contributed by atoms with Gasteiger partial charge in [0.05, 0.1) is 5.02 Å². The highest BCUT2D eigenvalue weighted by atomic mass is 79.9. The molecule has 0 saturated carbocycles. The molecule has 0 aliphatic rings. The highest BCUT2D eigenvalue weighted by Crippen LogP contribution is 2.35. The van der Waals surface area contributed by atoms with Gasteiger partial charge in [-0.15, -0.1) is 11.3 Å². The van der Waals surface area contributed by atoms with E-state index in [1.807, 2.05) is 18.4 Å². The lowest BCUT2D eigenvalue weighted by atomic mass is 10.1. The summed E-state index contributed by atoms with van der Waals surface area (Å²) in [5.74, 6) is 0.543. The molecule has 1 heterocycles. The average molecular weight is 381 g/mol. The quantitative estimate of drug-likeness (QED) is 0.782. The van der Waals surface area contributed by atoms with E-state index in [1.165, 1.54) is 0 Å². The zero-order chi connectivity index (χ0) is 14.0. The molecular weight excluding hydrogens is 369 g/mol. The molecule has 2 rings (SSSR count). The van der Waals surface area contributed by atoms with Gasteiger partial charge in [0.2, 0.25) is 0 Å². The maximum atomic E-state index is 6.11. The van der Waals surface area contributed by atoms with Crippen molar-refractivity contribution in [1.82, 2.24) is 0 Å². The van der Waals surface area contributed by atoms with Crippen LogP contribution in [-0.2, 0) is 0 Å². The van der Waals surface area contributed by atoms with E-state index in [4.69, 9.17) is 33.7 Å². The Morgan fingerprint density at radius 3 is 2.63 bits per heavy atom. The van der Waals surface area contributed by atoms with Gasteiger partial charge in [-0.1, -0.05) is 23.2 Å². The number of ether oxygens (including phenoxy) is 1. The van der Waals surface area contributed by atoms with E-state index in [0.29, 0.717) is 15.8 Å². The van der Waals surface area contributed by atoms with Crippen molar-refractivity contribution >= 4 is 50.5 Å². The molecule has 0 radical (unpaired) electrons. The summed E-state index contributed by atoms with van der Waals surface area (Å²) in [6.07, 6.45) is -0.257. The van der Waals surface area contributed by atoms with Gasteiger partial charge in [-0.25, -0.2) is 0 Å². The molecule has 19 heavy (non-hydrogen) atoms. The van der Waals surface area contributed by atoms with E-state index in [-0.39, 0.29) is 12.1 Å². The summed E-state index contributed by atoms with van der Waals surface area (Å²) in [5, 5.41) is 3.09. The summed E-state index contributed by atoms with van der Waals surface area (Å²) >= 11 is 17.1. The first-order valence-electron chi connectivity index (χ1n) is 5.58. The summed E-state index contributed by atoms with van der Waals surface area (Å²) < 4.78 is 6.95. The Morgan fingerprint density at radius 2 is 2.05 bits per heavy atom. The molecule has 1 aromatic carbocycles. The van der Waals surface area contributed by atoms with Gasteiger partial charge in [0, 0.05) is 31.9 Å². The SMILES string of the molecule is CC(N)C(Oc1cc(Cl)ccc1Cl)c1cc(Br)cs1. The minimum absolute atomic E-state index is 0.166. The maximum absolute atomic E-state index is 6.11. The van der Waals surface area contributed by atoms with Gasteiger partial charge in [-0.05, 0) is 41.1 Å². The second-order valence-electron chi connectivity index (χ2n) is 4.14. The van der Waals surface area contributed by atoms with Crippen LogP contribution in [-0.4, -0.2) is 6.04 Å². The summed E-state index contributed by atoms with van der Waals surface area (Å²) in [5.41, 5.74) is 6.00. The third-order valence-electron chi connectivity index (χ3n) is 2.49. The Morgan fingerprint density at radius 1 is 1.32 bits per heavy atom. The van der Waals surface area contributed by atoms with Crippen molar-refractivity contribution in [3.05, 3.63) is 49.0 Å². The van der Waals surface area contributed by atoms with Crippen molar-refractivity contribution in [3.63, 3.8) is 0 Å². The summed E-state index contributed by atoms with van der Waals surface area (Å²) in [6, 6.07) is 6.96. The van der Waals surface area contributed by atoms with Gasteiger partial charge in [0.25, 0.3) is 0 Å².